The molecule has 0 bridgehead atoms. The minimum atomic E-state index is -0.112. The summed E-state index contributed by atoms with van der Waals surface area (Å²) in [6.45, 7) is 1.07. The molecule has 0 saturated carbocycles. The van der Waals surface area contributed by atoms with Crippen molar-refractivity contribution in [2.24, 2.45) is 5.92 Å². The molecule has 1 atom stereocenters. The third-order valence-electron chi connectivity index (χ3n) is 5.91. The molecule has 1 aliphatic carbocycles. The van der Waals surface area contributed by atoms with Crippen molar-refractivity contribution in [3.8, 4) is 5.75 Å². The highest BCUT2D eigenvalue weighted by atomic mass is 35.5. The van der Waals surface area contributed by atoms with E-state index < -0.39 is 0 Å². The second-order valence-electron chi connectivity index (χ2n) is 7.66. The Balaban J connectivity index is 1.36. The van der Waals surface area contributed by atoms with Gasteiger partial charge in [0.1, 0.15) is 11.5 Å². The maximum absolute atomic E-state index is 12.9. The first-order valence-corrected chi connectivity index (χ1v) is 10.4. The maximum Gasteiger partial charge on any atom is 0.257 e. The summed E-state index contributed by atoms with van der Waals surface area (Å²) in [6, 6.07) is 7.01. The normalized spacial score (nSPS) is 19.5. The summed E-state index contributed by atoms with van der Waals surface area (Å²) in [5.41, 5.74) is 1.56. The number of likely N-dealkylation sites (tertiary alicyclic amines) is 1. The van der Waals surface area contributed by atoms with Gasteiger partial charge in [0.2, 0.25) is 5.91 Å². The monoisotopic (exact) mass is 416 g/mol. The number of nitrogens with one attached hydrogen (secondary N) is 1. The van der Waals surface area contributed by atoms with Crippen LogP contribution in [0, 0.1) is 5.92 Å². The Morgan fingerprint density at radius 1 is 1.21 bits per heavy atom. The number of amides is 2. The van der Waals surface area contributed by atoms with E-state index in [0.29, 0.717) is 42.3 Å². The summed E-state index contributed by atoms with van der Waals surface area (Å²) in [5.74, 6) is 1.36. The molecule has 1 unspecified atom stereocenters. The lowest BCUT2D eigenvalue weighted by molar-refractivity contribution is -0.127. The highest BCUT2D eigenvalue weighted by Crippen LogP contribution is 2.31. The highest BCUT2D eigenvalue weighted by molar-refractivity contribution is 6.31. The Hall–Kier alpha value is -2.47. The van der Waals surface area contributed by atoms with E-state index >= 15 is 0 Å². The lowest BCUT2D eigenvalue weighted by Crippen LogP contribution is -2.44. The Morgan fingerprint density at radius 3 is 2.76 bits per heavy atom. The minimum absolute atomic E-state index is 0.0281. The van der Waals surface area contributed by atoms with Crippen molar-refractivity contribution in [1.82, 2.24) is 10.2 Å². The van der Waals surface area contributed by atoms with Crippen LogP contribution in [0.1, 0.15) is 53.4 Å². The lowest BCUT2D eigenvalue weighted by atomic mass is 9.91. The first-order chi connectivity index (χ1) is 14.1. The van der Waals surface area contributed by atoms with E-state index in [1.807, 2.05) is 6.07 Å². The largest absolute Gasteiger partial charge is 0.496 e. The molecule has 2 amide bonds. The molecule has 2 heterocycles. The molecule has 1 aromatic heterocycles. The molecule has 2 aliphatic rings. The van der Waals surface area contributed by atoms with Crippen LogP contribution < -0.4 is 10.1 Å². The van der Waals surface area contributed by atoms with Gasteiger partial charge in [-0.3, -0.25) is 9.59 Å². The van der Waals surface area contributed by atoms with Gasteiger partial charge in [0, 0.05) is 36.0 Å². The number of nitrogens with zero attached hydrogens (tertiary/aromatic N) is 1. The fourth-order valence-electron chi connectivity index (χ4n) is 4.29. The lowest BCUT2D eigenvalue weighted by Gasteiger charge is -2.33. The van der Waals surface area contributed by atoms with Crippen molar-refractivity contribution >= 4 is 23.4 Å². The molecular formula is C22H25ClN2O4. The average Bonchev–Trinajstić information content (AvgIpc) is 3.23. The molecule has 7 heteroatoms. The smallest absolute Gasteiger partial charge is 0.257 e. The van der Waals surface area contributed by atoms with E-state index in [-0.39, 0.29) is 23.8 Å². The SMILES string of the molecule is COc1ccc(Cl)cc1C(=O)N1CCC(C(=O)NC2CCCc3occc32)CC1. The van der Waals surface area contributed by atoms with Gasteiger partial charge in [-0.05, 0) is 49.9 Å². The van der Waals surface area contributed by atoms with Gasteiger partial charge in [0.25, 0.3) is 5.91 Å². The molecule has 1 aliphatic heterocycles. The van der Waals surface area contributed by atoms with E-state index in [9.17, 15) is 9.59 Å². The predicted octanol–water partition coefficient (Wildman–Crippen LogP) is 3.99. The number of benzene rings is 1. The van der Waals surface area contributed by atoms with Gasteiger partial charge in [0.05, 0.1) is 25.0 Å². The quantitative estimate of drug-likeness (QED) is 0.818. The van der Waals surface area contributed by atoms with Gasteiger partial charge in [-0.15, -0.1) is 0 Å². The number of hydrogen-bond donors (Lipinski definition) is 1. The van der Waals surface area contributed by atoms with Crippen LogP contribution in [0.15, 0.2) is 34.9 Å². The number of furan rings is 1. The summed E-state index contributed by atoms with van der Waals surface area (Å²) in [7, 11) is 1.54. The van der Waals surface area contributed by atoms with Gasteiger partial charge >= 0.3 is 0 Å². The Bertz CT molecular complexity index is 902. The van der Waals surface area contributed by atoms with Crippen molar-refractivity contribution in [2.45, 2.75) is 38.1 Å². The molecular weight excluding hydrogens is 392 g/mol. The van der Waals surface area contributed by atoms with Crippen LogP contribution in [0.4, 0.5) is 0 Å². The molecule has 154 valence electrons. The van der Waals surface area contributed by atoms with E-state index in [1.165, 1.54) is 7.11 Å². The summed E-state index contributed by atoms with van der Waals surface area (Å²) >= 11 is 6.06. The van der Waals surface area contributed by atoms with Crippen LogP contribution in [0.5, 0.6) is 5.75 Å². The van der Waals surface area contributed by atoms with Crippen LogP contribution in [0.2, 0.25) is 5.02 Å². The van der Waals surface area contributed by atoms with Gasteiger partial charge in [-0.2, -0.15) is 0 Å². The standard InChI is InChI=1S/C22H25ClN2O4/c1-28-19-6-5-15(23)13-17(19)22(27)25-10-7-14(8-11-25)21(26)24-18-3-2-4-20-16(18)9-12-29-20/h5-6,9,12-14,18H,2-4,7-8,10-11H2,1H3,(H,24,26). The minimum Gasteiger partial charge on any atom is -0.496 e. The molecule has 6 nitrogen and oxygen atoms in total. The first kappa shape index (κ1) is 19.8. The molecule has 0 spiro atoms. The number of fused-ring (bicyclic) bond motifs is 1. The van der Waals surface area contributed by atoms with E-state index in [4.69, 9.17) is 20.8 Å². The fraction of sp³-hybridized carbons (Fsp3) is 0.455. The van der Waals surface area contributed by atoms with E-state index in [1.54, 1.807) is 29.4 Å². The van der Waals surface area contributed by atoms with Crippen LogP contribution >= 0.6 is 11.6 Å². The number of carbonyl (C=O) groups excluding carboxylic acids is 2. The van der Waals surface area contributed by atoms with Crippen LogP contribution in [-0.2, 0) is 11.2 Å². The van der Waals surface area contributed by atoms with Gasteiger partial charge < -0.3 is 19.4 Å². The Labute approximate surface area is 175 Å². The molecule has 29 heavy (non-hydrogen) atoms. The van der Waals surface area contributed by atoms with Crippen molar-refractivity contribution in [3.05, 3.63) is 52.4 Å². The molecule has 0 radical (unpaired) electrons. The molecule has 1 fully saturated rings. The average molecular weight is 417 g/mol. The van der Waals surface area contributed by atoms with Crippen molar-refractivity contribution in [3.63, 3.8) is 0 Å². The molecule has 1 saturated heterocycles. The Kier molecular flexibility index (Phi) is 5.81. The van der Waals surface area contributed by atoms with Crippen molar-refractivity contribution in [1.29, 1.82) is 0 Å². The van der Waals surface area contributed by atoms with Crippen molar-refractivity contribution < 1.29 is 18.7 Å². The van der Waals surface area contributed by atoms with Gasteiger partial charge in [0.15, 0.2) is 0 Å². The number of halogens is 1. The van der Waals surface area contributed by atoms with Crippen LogP contribution in [-0.4, -0.2) is 36.9 Å². The summed E-state index contributed by atoms with van der Waals surface area (Å²) < 4.78 is 10.8. The second kappa shape index (κ2) is 8.49. The number of piperidine rings is 1. The molecule has 1 aromatic carbocycles. The van der Waals surface area contributed by atoms with Gasteiger partial charge in [-0.25, -0.2) is 0 Å². The van der Waals surface area contributed by atoms with Crippen molar-refractivity contribution in [2.75, 3.05) is 20.2 Å². The maximum atomic E-state index is 12.9. The van der Waals surface area contributed by atoms with E-state index in [2.05, 4.69) is 5.32 Å². The van der Waals surface area contributed by atoms with Crippen LogP contribution in [0.3, 0.4) is 0 Å². The zero-order valence-electron chi connectivity index (χ0n) is 16.4. The highest BCUT2D eigenvalue weighted by Gasteiger charge is 2.31. The summed E-state index contributed by atoms with van der Waals surface area (Å²) in [5, 5.41) is 3.69. The zero-order valence-corrected chi connectivity index (χ0v) is 17.2. The zero-order chi connectivity index (χ0) is 20.4. The van der Waals surface area contributed by atoms with Crippen LogP contribution in [0.25, 0.3) is 0 Å². The Morgan fingerprint density at radius 2 is 2.00 bits per heavy atom. The first-order valence-electron chi connectivity index (χ1n) is 10.1. The molecule has 2 aromatic rings. The third-order valence-corrected chi connectivity index (χ3v) is 6.15. The third kappa shape index (κ3) is 4.13. The summed E-state index contributed by atoms with van der Waals surface area (Å²) in [6.07, 6.45) is 5.87. The number of carbonyl (C=O) groups is 2. The topological polar surface area (TPSA) is 71.8 Å². The van der Waals surface area contributed by atoms with Gasteiger partial charge in [-0.1, -0.05) is 11.6 Å². The number of ether oxygens (including phenoxy) is 1. The second-order valence-corrected chi connectivity index (χ2v) is 8.10. The number of methoxy groups -OCH3 is 1. The number of aryl methyl sites for hydroxylation is 1. The molecule has 1 N–H and O–H groups in total. The predicted molar refractivity (Wildman–Crippen MR) is 109 cm³/mol. The number of rotatable bonds is 4. The van der Waals surface area contributed by atoms with E-state index in [0.717, 1.165) is 30.6 Å². The fourth-order valence-corrected chi connectivity index (χ4v) is 4.46. The summed E-state index contributed by atoms with van der Waals surface area (Å²) in [4.78, 5) is 27.5. The number of hydrogen-bond acceptors (Lipinski definition) is 4. The molecule has 4 rings (SSSR count).